The van der Waals surface area contributed by atoms with Crippen molar-refractivity contribution in [3.8, 4) is 16.9 Å². The number of alkyl halides is 2. The van der Waals surface area contributed by atoms with Crippen LogP contribution in [-0.4, -0.2) is 30.9 Å². The maximum Gasteiger partial charge on any atom is 0.257 e. The minimum absolute atomic E-state index is 0.107. The molecule has 1 aromatic carbocycles. The number of benzene rings is 1. The summed E-state index contributed by atoms with van der Waals surface area (Å²) in [5.41, 5.74) is 2.70. The Morgan fingerprint density at radius 1 is 1.36 bits per heavy atom. The molecule has 0 saturated carbocycles. The lowest BCUT2D eigenvalue weighted by Crippen LogP contribution is -2.40. The molecule has 22 heavy (non-hydrogen) atoms. The number of hydrazine groups is 1. The van der Waals surface area contributed by atoms with Gasteiger partial charge in [-0.25, -0.2) is 14.6 Å². The summed E-state index contributed by atoms with van der Waals surface area (Å²) in [5.74, 6) is 6.19. The SMILES string of the molecule is COc1ccc(-c2c(C)csc2C(=N)N(N)CC(F)F)cc1. The summed E-state index contributed by atoms with van der Waals surface area (Å²) in [4.78, 5) is 0.575. The molecule has 0 saturated heterocycles. The van der Waals surface area contributed by atoms with E-state index in [0.717, 1.165) is 27.4 Å². The number of rotatable bonds is 5. The average Bonchev–Trinajstić information content (AvgIpc) is 2.87. The second kappa shape index (κ2) is 6.85. The van der Waals surface area contributed by atoms with Gasteiger partial charge in [0.15, 0.2) is 5.84 Å². The van der Waals surface area contributed by atoms with E-state index in [2.05, 4.69) is 0 Å². The summed E-state index contributed by atoms with van der Waals surface area (Å²) in [5, 5.41) is 10.7. The lowest BCUT2D eigenvalue weighted by Gasteiger charge is -2.19. The van der Waals surface area contributed by atoms with Gasteiger partial charge in [0.2, 0.25) is 0 Å². The maximum absolute atomic E-state index is 12.4. The number of halogens is 2. The molecular formula is C15H17F2N3OS. The Labute approximate surface area is 131 Å². The Bertz CT molecular complexity index is 655. The Balaban J connectivity index is 2.36. The van der Waals surface area contributed by atoms with Gasteiger partial charge >= 0.3 is 0 Å². The molecule has 0 bridgehead atoms. The van der Waals surface area contributed by atoms with Gasteiger partial charge in [-0.2, -0.15) is 0 Å². The average molecular weight is 325 g/mol. The second-order valence-electron chi connectivity index (χ2n) is 4.74. The highest BCUT2D eigenvalue weighted by molar-refractivity contribution is 7.12. The summed E-state index contributed by atoms with van der Waals surface area (Å²) >= 11 is 1.32. The van der Waals surface area contributed by atoms with E-state index < -0.39 is 13.0 Å². The van der Waals surface area contributed by atoms with Crippen LogP contribution in [0.2, 0.25) is 0 Å². The fourth-order valence-electron chi connectivity index (χ4n) is 2.11. The van der Waals surface area contributed by atoms with Crippen molar-refractivity contribution in [2.75, 3.05) is 13.7 Å². The topological polar surface area (TPSA) is 62.3 Å². The quantitative estimate of drug-likeness (QED) is 0.383. The van der Waals surface area contributed by atoms with Crippen LogP contribution in [0, 0.1) is 12.3 Å². The van der Waals surface area contributed by atoms with Crippen molar-refractivity contribution in [1.29, 1.82) is 5.41 Å². The van der Waals surface area contributed by atoms with Gasteiger partial charge in [-0.15, -0.1) is 11.3 Å². The third kappa shape index (κ3) is 3.42. The van der Waals surface area contributed by atoms with E-state index in [1.807, 2.05) is 36.6 Å². The van der Waals surface area contributed by atoms with Gasteiger partial charge in [0.05, 0.1) is 18.5 Å². The Kier molecular flexibility index (Phi) is 5.10. The van der Waals surface area contributed by atoms with E-state index in [1.165, 1.54) is 11.3 Å². The predicted molar refractivity (Wildman–Crippen MR) is 84.8 cm³/mol. The molecule has 3 N–H and O–H groups in total. The van der Waals surface area contributed by atoms with E-state index in [1.54, 1.807) is 7.11 Å². The molecule has 4 nitrogen and oxygen atoms in total. The number of nitrogens with one attached hydrogen (secondary N) is 1. The molecule has 118 valence electrons. The molecule has 0 aliphatic rings. The molecule has 2 aromatic rings. The molecule has 0 amide bonds. The first kappa shape index (κ1) is 16.4. The maximum atomic E-state index is 12.4. The van der Waals surface area contributed by atoms with Crippen molar-refractivity contribution in [3.63, 3.8) is 0 Å². The zero-order valence-corrected chi connectivity index (χ0v) is 13.1. The molecule has 0 aliphatic carbocycles. The van der Waals surface area contributed by atoms with Crippen molar-refractivity contribution in [1.82, 2.24) is 5.01 Å². The van der Waals surface area contributed by atoms with E-state index in [9.17, 15) is 8.78 Å². The Morgan fingerprint density at radius 3 is 2.55 bits per heavy atom. The highest BCUT2D eigenvalue weighted by Crippen LogP contribution is 2.34. The molecule has 0 aliphatic heterocycles. The minimum Gasteiger partial charge on any atom is -0.497 e. The third-order valence-electron chi connectivity index (χ3n) is 3.19. The zero-order chi connectivity index (χ0) is 16.3. The van der Waals surface area contributed by atoms with Gasteiger partial charge < -0.3 is 4.74 Å². The van der Waals surface area contributed by atoms with Crippen LogP contribution in [0.3, 0.4) is 0 Å². The molecule has 0 radical (unpaired) electrons. The van der Waals surface area contributed by atoms with E-state index >= 15 is 0 Å². The van der Waals surface area contributed by atoms with Gasteiger partial charge in [0.1, 0.15) is 5.75 Å². The lowest BCUT2D eigenvalue weighted by molar-refractivity contribution is 0.116. The van der Waals surface area contributed by atoms with Gasteiger partial charge in [0, 0.05) is 5.56 Å². The van der Waals surface area contributed by atoms with Crippen LogP contribution in [0.15, 0.2) is 29.6 Å². The first-order valence-corrected chi connectivity index (χ1v) is 7.43. The van der Waals surface area contributed by atoms with Crippen LogP contribution >= 0.6 is 11.3 Å². The number of ether oxygens (including phenoxy) is 1. The molecular weight excluding hydrogens is 308 g/mol. The summed E-state index contributed by atoms with van der Waals surface area (Å²) in [7, 11) is 1.59. The zero-order valence-electron chi connectivity index (χ0n) is 12.3. The number of nitrogens with zero attached hydrogens (tertiary/aromatic N) is 1. The Hall–Kier alpha value is -1.99. The fourth-order valence-corrected chi connectivity index (χ4v) is 3.14. The molecule has 7 heteroatoms. The second-order valence-corrected chi connectivity index (χ2v) is 5.62. The van der Waals surface area contributed by atoms with Crippen LogP contribution in [-0.2, 0) is 0 Å². The molecule has 0 fully saturated rings. The van der Waals surface area contributed by atoms with Crippen LogP contribution in [0.4, 0.5) is 8.78 Å². The van der Waals surface area contributed by atoms with E-state index in [0.29, 0.717) is 4.88 Å². The molecule has 0 spiro atoms. The number of amidine groups is 1. The number of hydrogen-bond donors (Lipinski definition) is 2. The highest BCUT2D eigenvalue weighted by Gasteiger charge is 2.20. The van der Waals surface area contributed by atoms with E-state index in [-0.39, 0.29) is 5.84 Å². The summed E-state index contributed by atoms with van der Waals surface area (Å²) in [6, 6.07) is 7.38. The number of nitrogens with two attached hydrogens (primary N) is 1. The first-order valence-electron chi connectivity index (χ1n) is 6.55. The standard InChI is InChI=1S/C15H17F2N3OS/c1-9-8-22-14(15(18)20(19)7-12(16)17)13(9)10-3-5-11(21-2)6-4-10/h3-6,8,12,18H,7,19H2,1-2H3. The molecule has 1 heterocycles. The van der Waals surface area contributed by atoms with Crippen LogP contribution in [0.5, 0.6) is 5.75 Å². The van der Waals surface area contributed by atoms with Crippen LogP contribution in [0.25, 0.3) is 11.1 Å². The van der Waals surface area contributed by atoms with Gasteiger partial charge in [-0.1, -0.05) is 12.1 Å². The van der Waals surface area contributed by atoms with Gasteiger partial charge in [-0.05, 0) is 35.6 Å². The fraction of sp³-hybridized carbons (Fsp3) is 0.267. The van der Waals surface area contributed by atoms with Crippen molar-refractivity contribution < 1.29 is 13.5 Å². The third-order valence-corrected chi connectivity index (χ3v) is 4.30. The Morgan fingerprint density at radius 2 is 2.00 bits per heavy atom. The largest absolute Gasteiger partial charge is 0.497 e. The van der Waals surface area contributed by atoms with Crippen molar-refractivity contribution in [2.24, 2.45) is 5.84 Å². The summed E-state index contributed by atoms with van der Waals surface area (Å²) < 4.78 is 30.0. The molecule has 0 atom stereocenters. The van der Waals surface area contributed by atoms with Crippen LogP contribution < -0.4 is 10.6 Å². The van der Waals surface area contributed by atoms with Crippen molar-refractivity contribution in [2.45, 2.75) is 13.3 Å². The minimum atomic E-state index is -2.59. The van der Waals surface area contributed by atoms with E-state index in [4.69, 9.17) is 16.0 Å². The van der Waals surface area contributed by atoms with Crippen molar-refractivity contribution >= 4 is 17.2 Å². The van der Waals surface area contributed by atoms with Crippen LogP contribution in [0.1, 0.15) is 10.4 Å². The predicted octanol–water partition coefficient (Wildman–Crippen LogP) is 3.50. The number of thiophene rings is 1. The van der Waals surface area contributed by atoms with Gasteiger partial charge in [-0.3, -0.25) is 10.4 Å². The van der Waals surface area contributed by atoms with Gasteiger partial charge in [0.25, 0.3) is 6.43 Å². The normalized spacial score (nSPS) is 10.8. The monoisotopic (exact) mass is 325 g/mol. The smallest absolute Gasteiger partial charge is 0.257 e. The number of hydrogen-bond acceptors (Lipinski definition) is 4. The number of methoxy groups -OCH3 is 1. The molecule has 2 rings (SSSR count). The molecule has 1 aromatic heterocycles. The molecule has 0 unspecified atom stereocenters. The lowest BCUT2D eigenvalue weighted by atomic mass is 10.0. The first-order chi connectivity index (χ1) is 10.4. The van der Waals surface area contributed by atoms with Crippen molar-refractivity contribution in [3.05, 3.63) is 40.1 Å². The highest BCUT2D eigenvalue weighted by atomic mass is 32.1. The summed E-state index contributed by atoms with van der Waals surface area (Å²) in [6.45, 7) is 1.25. The number of aryl methyl sites for hydroxylation is 1. The summed E-state index contributed by atoms with van der Waals surface area (Å²) in [6.07, 6.45) is -2.59.